The number of carboxylic acid groups (broad SMARTS) is 1. The molecule has 0 spiro atoms. The number of nitrogens with zero attached hydrogens (tertiary/aromatic N) is 4. The molecule has 0 aliphatic carbocycles. The molecule has 14 heteroatoms. The number of hydrogen-bond acceptors (Lipinski definition) is 8. The third-order valence-electron chi connectivity index (χ3n) is 4.55. The summed E-state index contributed by atoms with van der Waals surface area (Å²) in [5.74, 6) is -1.62. The molecule has 0 radical (unpaired) electrons. The van der Waals surface area contributed by atoms with E-state index in [9.17, 15) is 19.5 Å². The summed E-state index contributed by atoms with van der Waals surface area (Å²) in [5.41, 5.74) is 21.6. The summed E-state index contributed by atoms with van der Waals surface area (Å²) in [5, 5.41) is 15.8. The van der Waals surface area contributed by atoms with Crippen LogP contribution >= 0.6 is 0 Å². The first-order valence-electron chi connectivity index (χ1n) is 9.41. The minimum atomic E-state index is -1.07. The van der Waals surface area contributed by atoms with Gasteiger partial charge in [-0.15, -0.1) is 0 Å². The molecule has 166 valence electrons. The van der Waals surface area contributed by atoms with Crippen LogP contribution in [-0.2, 0) is 9.59 Å². The van der Waals surface area contributed by atoms with Crippen LogP contribution in [0.25, 0.3) is 0 Å². The Bertz CT molecular complexity index is 792. The number of aliphatic carboxylic acids is 1. The average Bonchev–Trinajstić information content (AvgIpc) is 3.32. The molecule has 1 fully saturated rings. The van der Waals surface area contributed by atoms with Gasteiger partial charge in [-0.25, -0.2) is 9.59 Å². The van der Waals surface area contributed by atoms with E-state index in [0.717, 1.165) is 0 Å². The maximum atomic E-state index is 12.7. The van der Waals surface area contributed by atoms with Gasteiger partial charge in [-0.1, -0.05) is 5.16 Å². The van der Waals surface area contributed by atoms with Gasteiger partial charge in [-0.3, -0.25) is 9.79 Å². The molecule has 1 unspecified atom stereocenters. The number of carboxylic acids is 1. The molecular weight excluding hydrogens is 398 g/mol. The summed E-state index contributed by atoms with van der Waals surface area (Å²) in [6.07, 6.45) is 1.60. The lowest BCUT2D eigenvalue weighted by Gasteiger charge is -2.24. The second-order valence-corrected chi connectivity index (χ2v) is 6.91. The number of nitrogens with one attached hydrogen (secondary N) is 1. The van der Waals surface area contributed by atoms with E-state index in [0.29, 0.717) is 38.8 Å². The van der Waals surface area contributed by atoms with E-state index in [1.165, 1.54) is 4.90 Å². The van der Waals surface area contributed by atoms with E-state index in [2.05, 4.69) is 20.4 Å². The van der Waals surface area contributed by atoms with Crippen LogP contribution < -0.4 is 28.3 Å². The minimum absolute atomic E-state index is 0.0607. The molecule has 3 amide bonds. The highest BCUT2D eigenvalue weighted by molar-refractivity contribution is 5.83. The number of primary amides is 1. The van der Waals surface area contributed by atoms with E-state index in [4.69, 9.17) is 27.5 Å². The van der Waals surface area contributed by atoms with Gasteiger partial charge in [-0.05, 0) is 25.7 Å². The molecule has 1 saturated heterocycles. The Labute approximate surface area is 172 Å². The largest absolute Gasteiger partial charge is 0.480 e. The molecule has 2 rings (SSSR count). The normalized spacial score (nSPS) is 17.9. The van der Waals surface area contributed by atoms with Crippen LogP contribution in [0.3, 0.4) is 0 Å². The fraction of sp³-hybridized carbons (Fsp3) is 0.625. The molecule has 0 saturated carbocycles. The lowest BCUT2D eigenvalue weighted by molar-refractivity contribution is -0.141. The number of amides is 3. The molecule has 0 bridgehead atoms. The number of carbonyl (C=O) groups excluding carboxylic acids is 2. The van der Waals surface area contributed by atoms with Crippen LogP contribution in [0.4, 0.5) is 4.79 Å². The van der Waals surface area contributed by atoms with E-state index >= 15 is 0 Å². The number of carbonyl (C=O) groups is 3. The summed E-state index contributed by atoms with van der Waals surface area (Å²) in [6.45, 7) is 0.625. The van der Waals surface area contributed by atoms with Crippen molar-refractivity contribution < 1.29 is 24.0 Å². The fourth-order valence-corrected chi connectivity index (χ4v) is 3.11. The van der Waals surface area contributed by atoms with Gasteiger partial charge in [-0.2, -0.15) is 4.98 Å². The van der Waals surface area contributed by atoms with Gasteiger partial charge in [0.05, 0.1) is 6.04 Å². The Kier molecular flexibility index (Phi) is 7.91. The van der Waals surface area contributed by atoms with Gasteiger partial charge in [0, 0.05) is 19.5 Å². The lowest BCUT2D eigenvalue weighted by atomic mass is 10.1. The zero-order valence-corrected chi connectivity index (χ0v) is 16.4. The van der Waals surface area contributed by atoms with E-state index in [-0.39, 0.29) is 24.1 Å². The molecular formula is C16H27N9O5. The van der Waals surface area contributed by atoms with Gasteiger partial charge in [0.1, 0.15) is 12.1 Å². The van der Waals surface area contributed by atoms with Crippen LogP contribution in [0, 0.1) is 0 Å². The Morgan fingerprint density at radius 3 is 2.70 bits per heavy atom. The Morgan fingerprint density at radius 2 is 2.07 bits per heavy atom. The fourth-order valence-electron chi connectivity index (χ4n) is 3.11. The molecule has 0 aromatic carbocycles. The lowest BCUT2D eigenvalue weighted by Crippen LogP contribution is -2.47. The third-order valence-corrected chi connectivity index (χ3v) is 4.55. The smallest absolute Gasteiger partial charge is 0.326 e. The quantitative estimate of drug-likeness (QED) is 0.141. The van der Waals surface area contributed by atoms with Gasteiger partial charge < -0.3 is 42.8 Å². The summed E-state index contributed by atoms with van der Waals surface area (Å²) >= 11 is 0. The van der Waals surface area contributed by atoms with E-state index < -0.39 is 36.0 Å². The monoisotopic (exact) mass is 425 g/mol. The van der Waals surface area contributed by atoms with Crippen LogP contribution in [0.1, 0.15) is 55.9 Å². The van der Waals surface area contributed by atoms with E-state index in [1.54, 1.807) is 0 Å². The predicted octanol–water partition coefficient (Wildman–Crippen LogP) is -1.70. The van der Waals surface area contributed by atoms with Crippen molar-refractivity contribution in [2.75, 3.05) is 13.1 Å². The number of rotatable bonds is 10. The molecule has 30 heavy (non-hydrogen) atoms. The maximum absolute atomic E-state index is 12.7. The molecule has 1 aromatic heterocycles. The summed E-state index contributed by atoms with van der Waals surface area (Å²) in [6, 6.07) is -3.04. The highest BCUT2D eigenvalue weighted by atomic mass is 16.5. The summed E-state index contributed by atoms with van der Waals surface area (Å²) in [4.78, 5) is 44.4. The van der Waals surface area contributed by atoms with Gasteiger partial charge in [0.2, 0.25) is 11.8 Å². The molecule has 2 heterocycles. The van der Waals surface area contributed by atoms with Crippen molar-refractivity contribution in [2.24, 2.45) is 27.9 Å². The van der Waals surface area contributed by atoms with Crippen molar-refractivity contribution in [1.29, 1.82) is 0 Å². The first-order chi connectivity index (χ1) is 14.2. The summed E-state index contributed by atoms with van der Waals surface area (Å²) in [7, 11) is 0. The van der Waals surface area contributed by atoms with Gasteiger partial charge in [0.15, 0.2) is 11.8 Å². The second kappa shape index (κ2) is 10.4. The Hall–Kier alpha value is -3.42. The van der Waals surface area contributed by atoms with E-state index in [1.807, 2.05) is 0 Å². The summed E-state index contributed by atoms with van der Waals surface area (Å²) < 4.78 is 5.22. The number of likely N-dealkylation sites (tertiary alicyclic amines) is 1. The maximum Gasteiger partial charge on any atom is 0.326 e. The van der Waals surface area contributed by atoms with Crippen molar-refractivity contribution in [3.63, 3.8) is 0 Å². The number of nitrogens with two attached hydrogens (primary N) is 4. The number of guanidine groups is 1. The number of aromatic nitrogens is 2. The van der Waals surface area contributed by atoms with Gasteiger partial charge >= 0.3 is 12.0 Å². The van der Waals surface area contributed by atoms with Crippen molar-refractivity contribution >= 4 is 23.9 Å². The number of aliphatic imine (C=N–C) groups is 1. The molecule has 10 N–H and O–H groups in total. The molecule has 3 atom stereocenters. The van der Waals surface area contributed by atoms with Gasteiger partial charge in [0.25, 0.3) is 0 Å². The van der Waals surface area contributed by atoms with Crippen molar-refractivity contribution in [3.8, 4) is 0 Å². The molecule has 1 aliphatic heterocycles. The molecule has 1 aliphatic rings. The predicted molar refractivity (Wildman–Crippen MR) is 104 cm³/mol. The standard InChI is InChI=1S/C16H27N9O5/c17-8(7-11(18)26)12-23-13(30-24-12)9(3-1-5-21-15(19)20)22-16(29)25-6-2-4-10(25)14(27)28/h8-10H,1-7,17H2,(H2,18,26)(H,22,29)(H,27,28)(H4,19,20,21)/t8-,9-,10?/m0/s1. The average molecular weight is 425 g/mol. The van der Waals surface area contributed by atoms with Crippen LogP contribution in [0.15, 0.2) is 9.52 Å². The first-order valence-corrected chi connectivity index (χ1v) is 9.41. The van der Waals surface area contributed by atoms with Crippen molar-refractivity contribution in [2.45, 2.75) is 50.2 Å². The van der Waals surface area contributed by atoms with Crippen LogP contribution in [-0.4, -0.2) is 63.1 Å². The zero-order valence-electron chi connectivity index (χ0n) is 16.4. The minimum Gasteiger partial charge on any atom is -0.480 e. The molecule has 1 aromatic rings. The van der Waals surface area contributed by atoms with Crippen LogP contribution in [0.5, 0.6) is 0 Å². The number of hydrogen-bond donors (Lipinski definition) is 6. The van der Waals surface area contributed by atoms with Crippen molar-refractivity contribution in [1.82, 2.24) is 20.4 Å². The second-order valence-electron chi connectivity index (χ2n) is 6.91. The highest BCUT2D eigenvalue weighted by Crippen LogP contribution is 2.22. The SMILES string of the molecule is NC(=O)C[C@H](N)c1noc([C@H](CCCN=C(N)N)NC(=O)N2CCCC2C(=O)O)n1. The topological polar surface area (TPSA) is 242 Å². The first kappa shape index (κ1) is 22.9. The third kappa shape index (κ3) is 6.30. The highest BCUT2D eigenvalue weighted by Gasteiger charge is 2.35. The zero-order chi connectivity index (χ0) is 22.3. The molecule has 14 nitrogen and oxygen atoms in total. The van der Waals surface area contributed by atoms with Crippen molar-refractivity contribution in [3.05, 3.63) is 11.7 Å². The number of urea groups is 1. The Morgan fingerprint density at radius 1 is 1.33 bits per heavy atom. The Balaban J connectivity index is 2.13. The van der Waals surface area contributed by atoms with Crippen LogP contribution in [0.2, 0.25) is 0 Å².